The van der Waals surface area contributed by atoms with E-state index in [0.717, 1.165) is 5.57 Å². The molecule has 1 N–H and O–H groups in total. The average Bonchev–Trinajstić information content (AvgIpc) is 2.54. The minimum Gasteiger partial charge on any atom is -0.339 e. The van der Waals surface area contributed by atoms with E-state index >= 15 is 0 Å². The molecule has 0 unspecified atom stereocenters. The van der Waals surface area contributed by atoms with Crippen LogP contribution in [0.2, 0.25) is 0 Å². The zero-order valence-corrected chi connectivity index (χ0v) is 13.3. The number of urea groups is 1. The van der Waals surface area contributed by atoms with Crippen LogP contribution in [0.25, 0.3) is 0 Å². The predicted molar refractivity (Wildman–Crippen MR) is 86.5 cm³/mol. The lowest BCUT2D eigenvalue weighted by molar-refractivity contribution is -0.131. The number of hydrogen-bond donors (Lipinski definition) is 1. The fraction of sp³-hybridized carbons (Fsp3) is 0.412. The highest BCUT2D eigenvalue weighted by molar-refractivity contribution is 5.79. The maximum atomic E-state index is 13.6. The summed E-state index contributed by atoms with van der Waals surface area (Å²) in [6.07, 6.45) is 0.0501. The first-order valence-corrected chi connectivity index (χ1v) is 7.65. The van der Waals surface area contributed by atoms with Gasteiger partial charge in [0.1, 0.15) is 5.82 Å². The molecule has 0 radical (unpaired) electrons. The van der Waals surface area contributed by atoms with Gasteiger partial charge in [-0.1, -0.05) is 30.4 Å². The fourth-order valence-corrected chi connectivity index (χ4v) is 2.41. The lowest BCUT2D eigenvalue weighted by atomic mass is 10.1. The zero-order valence-electron chi connectivity index (χ0n) is 13.3. The van der Waals surface area contributed by atoms with E-state index in [9.17, 15) is 14.0 Å². The molecular formula is C17H22FN3O2. The molecule has 6 heteroatoms. The molecule has 1 saturated heterocycles. The van der Waals surface area contributed by atoms with E-state index in [1.165, 1.54) is 6.07 Å². The van der Waals surface area contributed by atoms with Crippen molar-refractivity contribution in [2.75, 3.05) is 32.7 Å². The summed E-state index contributed by atoms with van der Waals surface area (Å²) in [6, 6.07) is 6.15. The van der Waals surface area contributed by atoms with Crippen LogP contribution in [0, 0.1) is 5.82 Å². The Balaban J connectivity index is 1.82. The van der Waals surface area contributed by atoms with Gasteiger partial charge in [-0.15, -0.1) is 0 Å². The molecule has 124 valence electrons. The first-order chi connectivity index (χ1) is 11.0. The quantitative estimate of drug-likeness (QED) is 0.861. The molecule has 1 aliphatic heterocycles. The number of amides is 3. The van der Waals surface area contributed by atoms with Crippen LogP contribution in [0.1, 0.15) is 12.5 Å². The SMILES string of the molecule is C=C(C)CNC(=O)N1CCN(C(=O)Cc2ccccc2F)CC1. The lowest BCUT2D eigenvalue weighted by Crippen LogP contribution is -2.53. The third-order valence-corrected chi connectivity index (χ3v) is 3.76. The minimum absolute atomic E-state index is 0.0501. The zero-order chi connectivity index (χ0) is 16.8. The summed E-state index contributed by atoms with van der Waals surface area (Å²) in [5, 5.41) is 2.78. The van der Waals surface area contributed by atoms with Crippen LogP contribution < -0.4 is 5.32 Å². The van der Waals surface area contributed by atoms with Gasteiger partial charge in [0, 0.05) is 32.7 Å². The van der Waals surface area contributed by atoms with Crippen LogP contribution in [0.3, 0.4) is 0 Å². The molecule has 1 aromatic carbocycles. The number of benzene rings is 1. The van der Waals surface area contributed by atoms with Crippen molar-refractivity contribution in [1.29, 1.82) is 0 Å². The molecule has 2 rings (SSSR count). The Kier molecular flexibility index (Phi) is 5.73. The number of hydrogen-bond acceptors (Lipinski definition) is 2. The van der Waals surface area contributed by atoms with E-state index in [1.54, 1.807) is 28.0 Å². The Morgan fingerprint density at radius 3 is 2.39 bits per heavy atom. The second-order valence-corrected chi connectivity index (χ2v) is 5.75. The van der Waals surface area contributed by atoms with Crippen molar-refractivity contribution in [3.05, 3.63) is 47.8 Å². The molecule has 0 aromatic heterocycles. The van der Waals surface area contributed by atoms with Gasteiger partial charge in [0.05, 0.1) is 6.42 Å². The number of halogens is 1. The van der Waals surface area contributed by atoms with Crippen molar-refractivity contribution in [2.45, 2.75) is 13.3 Å². The molecule has 1 heterocycles. The standard InChI is InChI=1S/C17H22FN3O2/c1-13(2)12-19-17(23)21-9-7-20(8-10-21)16(22)11-14-5-3-4-6-15(14)18/h3-6H,1,7-12H2,2H3,(H,19,23). The van der Waals surface area contributed by atoms with Gasteiger partial charge in [-0.25, -0.2) is 9.18 Å². The topological polar surface area (TPSA) is 52.7 Å². The molecule has 0 atom stereocenters. The van der Waals surface area contributed by atoms with Crippen LogP contribution in [0.15, 0.2) is 36.4 Å². The normalized spacial score (nSPS) is 14.5. The fourth-order valence-electron chi connectivity index (χ4n) is 2.41. The highest BCUT2D eigenvalue weighted by Crippen LogP contribution is 2.10. The number of nitrogens with one attached hydrogen (secondary N) is 1. The summed E-state index contributed by atoms with van der Waals surface area (Å²) in [5.41, 5.74) is 1.29. The van der Waals surface area contributed by atoms with Crippen LogP contribution in [0.5, 0.6) is 0 Å². The van der Waals surface area contributed by atoms with Gasteiger partial charge in [-0.2, -0.15) is 0 Å². The van der Waals surface area contributed by atoms with E-state index in [-0.39, 0.29) is 24.2 Å². The van der Waals surface area contributed by atoms with Crippen molar-refractivity contribution in [1.82, 2.24) is 15.1 Å². The second-order valence-electron chi connectivity index (χ2n) is 5.75. The van der Waals surface area contributed by atoms with E-state index < -0.39 is 0 Å². The number of piperazine rings is 1. The van der Waals surface area contributed by atoms with Gasteiger partial charge >= 0.3 is 6.03 Å². The molecule has 5 nitrogen and oxygen atoms in total. The number of nitrogens with zero attached hydrogens (tertiary/aromatic N) is 2. The van der Waals surface area contributed by atoms with Crippen molar-refractivity contribution in [3.63, 3.8) is 0 Å². The van der Waals surface area contributed by atoms with Gasteiger partial charge in [0.15, 0.2) is 0 Å². The van der Waals surface area contributed by atoms with Crippen molar-refractivity contribution >= 4 is 11.9 Å². The molecule has 0 bridgehead atoms. The highest BCUT2D eigenvalue weighted by atomic mass is 19.1. The Bertz CT molecular complexity index is 595. The smallest absolute Gasteiger partial charge is 0.317 e. The third-order valence-electron chi connectivity index (χ3n) is 3.76. The molecule has 1 aromatic rings. The summed E-state index contributed by atoms with van der Waals surface area (Å²) >= 11 is 0. The maximum Gasteiger partial charge on any atom is 0.317 e. The summed E-state index contributed by atoms with van der Waals surface area (Å²) in [4.78, 5) is 27.5. The van der Waals surface area contributed by atoms with Gasteiger partial charge in [0.2, 0.25) is 5.91 Å². The Hall–Kier alpha value is -2.37. The van der Waals surface area contributed by atoms with Gasteiger partial charge in [0.25, 0.3) is 0 Å². The first kappa shape index (κ1) is 17.0. The first-order valence-electron chi connectivity index (χ1n) is 7.65. The van der Waals surface area contributed by atoms with Crippen LogP contribution in [-0.4, -0.2) is 54.5 Å². The Labute approximate surface area is 135 Å². The van der Waals surface area contributed by atoms with Crippen LogP contribution >= 0.6 is 0 Å². The highest BCUT2D eigenvalue weighted by Gasteiger charge is 2.24. The second kappa shape index (κ2) is 7.76. The monoisotopic (exact) mass is 319 g/mol. The van der Waals surface area contributed by atoms with Crippen LogP contribution in [-0.2, 0) is 11.2 Å². The number of carbonyl (C=O) groups excluding carboxylic acids is 2. The summed E-state index contributed by atoms with van der Waals surface area (Å²) in [7, 11) is 0. The van der Waals surface area contributed by atoms with Crippen molar-refractivity contribution in [3.8, 4) is 0 Å². The molecule has 3 amide bonds. The molecule has 0 saturated carbocycles. The number of rotatable bonds is 4. The van der Waals surface area contributed by atoms with Gasteiger partial charge in [-0.3, -0.25) is 4.79 Å². The molecular weight excluding hydrogens is 297 g/mol. The van der Waals surface area contributed by atoms with E-state index in [4.69, 9.17) is 0 Å². The maximum absolute atomic E-state index is 13.6. The molecule has 1 fully saturated rings. The average molecular weight is 319 g/mol. The molecule has 23 heavy (non-hydrogen) atoms. The summed E-state index contributed by atoms with van der Waals surface area (Å²) in [6.45, 7) is 7.92. The van der Waals surface area contributed by atoms with Crippen molar-refractivity contribution in [2.24, 2.45) is 0 Å². The van der Waals surface area contributed by atoms with Gasteiger partial charge in [-0.05, 0) is 18.6 Å². The van der Waals surface area contributed by atoms with E-state index in [2.05, 4.69) is 11.9 Å². The third kappa shape index (κ3) is 4.81. The number of carbonyl (C=O) groups is 2. The largest absolute Gasteiger partial charge is 0.339 e. The summed E-state index contributed by atoms with van der Waals surface area (Å²) in [5.74, 6) is -0.476. The molecule has 0 aliphatic carbocycles. The van der Waals surface area contributed by atoms with Crippen molar-refractivity contribution < 1.29 is 14.0 Å². The van der Waals surface area contributed by atoms with Gasteiger partial charge < -0.3 is 15.1 Å². The van der Waals surface area contributed by atoms with E-state index in [1.807, 2.05) is 6.92 Å². The van der Waals surface area contributed by atoms with E-state index in [0.29, 0.717) is 38.3 Å². The molecule has 1 aliphatic rings. The van der Waals surface area contributed by atoms with Crippen LogP contribution in [0.4, 0.5) is 9.18 Å². The minimum atomic E-state index is -0.362. The lowest BCUT2D eigenvalue weighted by Gasteiger charge is -2.34. The Morgan fingerprint density at radius 1 is 1.17 bits per heavy atom. The Morgan fingerprint density at radius 2 is 1.78 bits per heavy atom. The predicted octanol–water partition coefficient (Wildman–Crippen LogP) is 1.80. The summed E-state index contributed by atoms with van der Waals surface area (Å²) < 4.78 is 13.6. The molecule has 0 spiro atoms.